The van der Waals surface area contributed by atoms with E-state index in [9.17, 15) is 0 Å². The van der Waals surface area contributed by atoms with Crippen molar-refractivity contribution in [1.82, 2.24) is 4.98 Å². The van der Waals surface area contributed by atoms with Crippen molar-refractivity contribution < 1.29 is 4.74 Å². The maximum atomic E-state index is 6.07. The van der Waals surface area contributed by atoms with E-state index in [1.54, 1.807) is 0 Å². The van der Waals surface area contributed by atoms with Gasteiger partial charge in [0, 0.05) is 10.5 Å². The maximum Gasteiger partial charge on any atom is 0.213 e. The van der Waals surface area contributed by atoms with Gasteiger partial charge in [0.2, 0.25) is 5.88 Å². The largest absolute Gasteiger partial charge is 0.474 e. The van der Waals surface area contributed by atoms with Crippen LogP contribution in [0.3, 0.4) is 0 Å². The van der Waals surface area contributed by atoms with Crippen molar-refractivity contribution >= 4 is 15.9 Å². The molecule has 18 heavy (non-hydrogen) atoms. The third-order valence-corrected chi connectivity index (χ3v) is 4.47. The summed E-state index contributed by atoms with van der Waals surface area (Å²) in [5, 5.41) is 0. The lowest BCUT2D eigenvalue weighted by atomic mass is 9.71. The summed E-state index contributed by atoms with van der Waals surface area (Å²) in [4.78, 5) is 4.47. The van der Waals surface area contributed by atoms with Gasteiger partial charge in [-0.3, -0.25) is 0 Å². The fourth-order valence-electron chi connectivity index (χ4n) is 3.11. The molecule has 2 nitrogen and oxygen atoms in total. The van der Waals surface area contributed by atoms with Crippen LogP contribution in [0.5, 0.6) is 5.88 Å². The van der Waals surface area contributed by atoms with E-state index >= 15 is 0 Å². The van der Waals surface area contributed by atoms with E-state index < -0.39 is 0 Å². The number of aryl methyl sites for hydroxylation is 1. The molecule has 2 unspecified atom stereocenters. The summed E-state index contributed by atoms with van der Waals surface area (Å²) in [6.07, 6.45) is 3.85. The predicted molar refractivity (Wildman–Crippen MR) is 77.9 cm³/mol. The molecule has 1 aliphatic carbocycles. The van der Waals surface area contributed by atoms with Gasteiger partial charge in [-0.25, -0.2) is 4.98 Å². The summed E-state index contributed by atoms with van der Waals surface area (Å²) in [6.45, 7) is 8.97. The van der Waals surface area contributed by atoms with Crippen LogP contribution in [0.1, 0.15) is 45.7 Å². The number of aromatic nitrogens is 1. The summed E-state index contributed by atoms with van der Waals surface area (Å²) >= 11 is 3.46. The van der Waals surface area contributed by atoms with Crippen LogP contribution < -0.4 is 4.74 Å². The number of halogens is 1. The first kappa shape index (κ1) is 13.9. The molecule has 3 heteroatoms. The van der Waals surface area contributed by atoms with Crippen molar-refractivity contribution in [2.24, 2.45) is 11.3 Å². The first-order valence-corrected chi connectivity index (χ1v) is 7.45. The molecule has 0 aliphatic heterocycles. The zero-order valence-electron chi connectivity index (χ0n) is 11.7. The first-order chi connectivity index (χ1) is 8.35. The van der Waals surface area contributed by atoms with Crippen molar-refractivity contribution in [3.63, 3.8) is 0 Å². The van der Waals surface area contributed by atoms with Gasteiger partial charge in [0.15, 0.2) is 0 Å². The summed E-state index contributed by atoms with van der Waals surface area (Å²) in [5.41, 5.74) is 1.36. The Morgan fingerprint density at radius 2 is 2.06 bits per heavy atom. The van der Waals surface area contributed by atoms with Gasteiger partial charge < -0.3 is 4.74 Å². The Bertz CT molecular complexity index is 431. The Hall–Kier alpha value is -0.570. The molecule has 1 aromatic rings. The van der Waals surface area contributed by atoms with Gasteiger partial charge in [-0.2, -0.15) is 0 Å². The second-order valence-electron chi connectivity index (χ2n) is 6.37. The fourth-order valence-corrected chi connectivity index (χ4v) is 3.33. The highest BCUT2D eigenvalue weighted by Crippen LogP contribution is 2.39. The van der Waals surface area contributed by atoms with Gasteiger partial charge in [0.1, 0.15) is 6.10 Å². The van der Waals surface area contributed by atoms with E-state index in [0.717, 1.165) is 34.8 Å². The average molecular weight is 312 g/mol. The highest BCUT2D eigenvalue weighted by Gasteiger charge is 2.33. The standard InChI is InChI=1S/C15H22BrNO/c1-10-7-12(9-15(3,4)8-10)18-14-6-5-13(16)11(2)17-14/h5-6,10,12H,7-9H2,1-4H3. The van der Waals surface area contributed by atoms with Crippen molar-refractivity contribution in [3.05, 3.63) is 22.3 Å². The maximum absolute atomic E-state index is 6.07. The van der Waals surface area contributed by atoms with Gasteiger partial charge in [0.25, 0.3) is 0 Å². The van der Waals surface area contributed by atoms with Crippen LogP contribution in [0.25, 0.3) is 0 Å². The van der Waals surface area contributed by atoms with E-state index in [1.807, 2.05) is 19.1 Å². The Balaban J connectivity index is 2.06. The van der Waals surface area contributed by atoms with Crippen molar-refractivity contribution in [1.29, 1.82) is 0 Å². The minimum absolute atomic E-state index is 0.303. The van der Waals surface area contributed by atoms with Crippen LogP contribution in [0.4, 0.5) is 0 Å². The third-order valence-electron chi connectivity index (χ3n) is 3.63. The molecule has 1 fully saturated rings. The number of pyridine rings is 1. The minimum atomic E-state index is 0.303. The molecule has 0 saturated heterocycles. The molecular formula is C15H22BrNO. The van der Waals surface area contributed by atoms with Crippen LogP contribution >= 0.6 is 15.9 Å². The van der Waals surface area contributed by atoms with Crippen LogP contribution in [-0.4, -0.2) is 11.1 Å². The molecule has 0 amide bonds. The van der Waals surface area contributed by atoms with Crippen molar-refractivity contribution in [2.75, 3.05) is 0 Å². The van der Waals surface area contributed by atoms with Crippen molar-refractivity contribution in [2.45, 2.75) is 53.1 Å². The summed E-state index contributed by atoms with van der Waals surface area (Å²) in [7, 11) is 0. The molecular weight excluding hydrogens is 290 g/mol. The fraction of sp³-hybridized carbons (Fsp3) is 0.667. The normalized spacial score (nSPS) is 26.9. The van der Waals surface area contributed by atoms with Gasteiger partial charge in [-0.15, -0.1) is 0 Å². The van der Waals surface area contributed by atoms with E-state index in [1.165, 1.54) is 6.42 Å². The van der Waals surface area contributed by atoms with Crippen LogP contribution in [-0.2, 0) is 0 Å². The average Bonchev–Trinajstić information content (AvgIpc) is 2.20. The lowest BCUT2D eigenvalue weighted by Crippen LogP contribution is -2.34. The number of ether oxygens (including phenoxy) is 1. The first-order valence-electron chi connectivity index (χ1n) is 6.65. The second kappa shape index (κ2) is 5.20. The van der Waals surface area contributed by atoms with E-state index in [4.69, 9.17) is 4.74 Å². The van der Waals surface area contributed by atoms with Gasteiger partial charge in [-0.05, 0) is 59.5 Å². The van der Waals surface area contributed by atoms with Crippen LogP contribution in [0.2, 0.25) is 0 Å². The third kappa shape index (κ3) is 3.47. The van der Waals surface area contributed by atoms with E-state index in [2.05, 4.69) is 41.7 Å². The number of hydrogen-bond acceptors (Lipinski definition) is 2. The SMILES string of the molecule is Cc1nc(OC2CC(C)CC(C)(C)C2)ccc1Br. The molecule has 0 N–H and O–H groups in total. The molecule has 100 valence electrons. The number of hydrogen-bond donors (Lipinski definition) is 0. The van der Waals surface area contributed by atoms with Crippen LogP contribution in [0.15, 0.2) is 16.6 Å². The van der Waals surface area contributed by atoms with Gasteiger partial charge >= 0.3 is 0 Å². The smallest absolute Gasteiger partial charge is 0.213 e. The van der Waals surface area contributed by atoms with Crippen LogP contribution in [0, 0.1) is 18.3 Å². The number of nitrogens with zero attached hydrogens (tertiary/aromatic N) is 1. The van der Waals surface area contributed by atoms with E-state index in [0.29, 0.717) is 11.5 Å². The predicted octanol–water partition coefficient (Wildman–Crippen LogP) is 4.75. The highest BCUT2D eigenvalue weighted by atomic mass is 79.9. The molecule has 1 saturated carbocycles. The van der Waals surface area contributed by atoms with Gasteiger partial charge in [-0.1, -0.05) is 20.8 Å². The molecule has 1 aromatic heterocycles. The summed E-state index contributed by atoms with van der Waals surface area (Å²) < 4.78 is 7.10. The van der Waals surface area contributed by atoms with E-state index in [-0.39, 0.29) is 0 Å². The lowest BCUT2D eigenvalue weighted by molar-refractivity contribution is 0.0531. The van der Waals surface area contributed by atoms with Gasteiger partial charge in [0.05, 0.1) is 5.69 Å². The molecule has 0 bridgehead atoms. The Kier molecular flexibility index (Phi) is 4.00. The monoisotopic (exact) mass is 311 g/mol. The summed E-state index contributed by atoms with van der Waals surface area (Å²) in [5.74, 6) is 1.49. The zero-order valence-corrected chi connectivity index (χ0v) is 13.3. The van der Waals surface area contributed by atoms with Crippen molar-refractivity contribution in [3.8, 4) is 5.88 Å². The molecule has 1 aliphatic rings. The highest BCUT2D eigenvalue weighted by molar-refractivity contribution is 9.10. The Morgan fingerprint density at radius 1 is 1.33 bits per heavy atom. The molecule has 0 aromatic carbocycles. The minimum Gasteiger partial charge on any atom is -0.474 e. The lowest BCUT2D eigenvalue weighted by Gasteiger charge is -2.38. The molecule has 2 rings (SSSR count). The molecule has 2 atom stereocenters. The quantitative estimate of drug-likeness (QED) is 0.786. The second-order valence-corrected chi connectivity index (χ2v) is 7.22. The molecule has 0 spiro atoms. The Morgan fingerprint density at radius 3 is 2.67 bits per heavy atom. The summed E-state index contributed by atoms with van der Waals surface area (Å²) in [6, 6.07) is 3.96. The Labute approximate surface area is 118 Å². The molecule has 1 heterocycles. The zero-order chi connectivity index (χ0) is 13.3. The molecule has 0 radical (unpaired) electrons. The topological polar surface area (TPSA) is 22.1 Å². The number of rotatable bonds is 2.